The van der Waals surface area contributed by atoms with Crippen LogP contribution < -0.4 is 0 Å². The Kier molecular flexibility index (Phi) is 4.00. The first-order chi connectivity index (χ1) is 7.27. The highest BCUT2D eigenvalue weighted by Gasteiger charge is 2.30. The van der Waals surface area contributed by atoms with Crippen LogP contribution in [0.2, 0.25) is 0 Å². The monoisotopic (exact) mass is 213 g/mol. The minimum Gasteiger partial charge on any atom is -0.391 e. The van der Waals surface area contributed by atoms with Gasteiger partial charge in [-0.3, -0.25) is 0 Å². The molecule has 1 N–H and O–H groups in total. The summed E-state index contributed by atoms with van der Waals surface area (Å²) >= 11 is 0. The minimum absolute atomic E-state index is 0.0977. The first-order valence-corrected chi connectivity index (χ1v) is 6.23. The molecule has 0 aromatic rings. The lowest BCUT2D eigenvalue weighted by Crippen LogP contribution is -2.41. The molecule has 0 aromatic carbocycles. The molecular formula is C12H23NO2. The molecule has 1 aliphatic carbocycles. The molecule has 3 nitrogen and oxygen atoms in total. The van der Waals surface area contributed by atoms with Crippen molar-refractivity contribution in [2.75, 3.05) is 26.8 Å². The van der Waals surface area contributed by atoms with Gasteiger partial charge in [0, 0.05) is 19.2 Å². The van der Waals surface area contributed by atoms with E-state index in [0.717, 1.165) is 32.6 Å². The number of aliphatic hydroxyl groups excluding tert-OH is 1. The molecule has 2 aliphatic rings. The highest BCUT2D eigenvalue weighted by molar-refractivity contribution is 4.84. The molecular weight excluding hydrogens is 190 g/mol. The maximum Gasteiger partial charge on any atom is 0.0695 e. The Morgan fingerprint density at radius 1 is 1.27 bits per heavy atom. The third-order valence-electron chi connectivity index (χ3n) is 3.81. The van der Waals surface area contributed by atoms with Gasteiger partial charge in [0.05, 0.1) is 12.7 Å². The van der Waals surface area contributed by atoms with Crippen LogP contribution in [0.4, 0.5) is 0 Å². The molecule has 15 heavy (non-hydrogen) atoms. The van der Waals surface area contributed by atoms with Gasteiger partial charge in [0.1, 0.15) is 0 Å². The minimum atomic E-state index is -0.0977. The normalized spacial score (nSPS) is 37.4. The number of rotatable bonds is 3. The van der Waals surface area contributed by atoms with Crippen LogP contribution in [-0.2, 0) is 4.74 Å². The molecule has 88 valence electrons. The summed E-state index contributed by atoms with van der Waals surface area (Å²) in [6.45, 7) is 2.93. The Bertz CT molecular complexity index is 192. The van der Waals surface area contributed by atoms with Gasteiger partial charge in [0.2, 0.25) is 0 Å². The predicted molar refractivity (Wildman–Crippen MR) is 59.8 cm³/mol. The zero-order valence-corrected chi connectivity index (χ0v) is 9.69. The molecule has 0 aromatic heterocycles. The maximum atomic E-state index is 9.82. The van der Waals surface area contributed by atoms with E-state index in [9.17, 15) is 5.11 Å². The number of ether oxygens (including phenoxy) is 1. The van der Waals surface area contributed by atoms with Crippen molar-refractivity contribution >= 4 is 0 Å². The van der Waals surface area contributed by atoms with Gasteiger partial charge in [0.15, 0.2) is 0 Å². The summed E-state index contributed by atoms with van der Waals surface area (Å²) in [5.41, 5.74) is 0. The summed E-state index contributed by atoms with van der Waals surface area (Å²) < 4.78 is 5.48. The van der Waals surface area contributed by atoms with Crippen LogP contribution in [0.5, 0.6) is 0 Å². The van der Waals surface area contributed by atoms with Crippen LogP contribution >= 0.6 is 0 Å². The second-order valence-electron chi connectivity index (χ2n) is 5.09. The molecule has 1 unspecified atom stereocenters. The quantitative estimate of drug-likeness (QED) is 0.766. The molecule has 1 heterocycles. The van der Waals surface area contributed by atoms with Crippen molar-refractivity contribution < 1.29 is 9.84 Å². The molecule has 0 radical (unpaired) electrons. The van der Waals surface area contributed by atoms with Crippen LogP contribution in [-0.4, -0.2) is 49.0 Å². The van der Waals surface area contributed by atoms with Crippen molar-refractivity contribution in [1.29, 1.82) is 0 Å². The summed E-state index contributed by atoms with van der Waals surface area (Å²) in [5, 5.41) is 9.82. The fourth-order valence-corrected chi connectivity index (χ4v) is 2.93. The van der Waals surface area contributed by atoms with Gasteiger partial charge in [-0.1, -0.05) is 0 Å². The molecule has 3 heteroatoms. The Hall–Kier alpha value is -0.120. The Balaban J connectivity index is 1.77. The third kappa shape index (κ3) is 2.92. The first-order valence-electron chi connectivity index (χ1n) is 6.23. The van der Waals surface area contributed by atoms with Gasteiger partial charge in [0.25, 0.3) is 0 Å². The van der Waals surface area contributed by atoms with E-state index in [1.165, 1.54) is 19.3 Å². The second-order valence-corrected chi connectivity index (χ2v) is 5.09. The molecule has 2 rings (SSSR count). The number of aliphatic hydroxyl groups is 1. The summed E-state index contributed by atoms with van der Waals surface area (Å²) in [4.78, 5) is 2.34. The molecule has 0 bridgehead atoms. The number of hydrogen-bond acceptors (Lipinski definition) is 3. The topological polar surface area (TPSA) is 32.7 Å². The van der Waals surface area contributed by atoms with Crippen LogP contribution in [0, 0.1) is 5.92 Å². The van der Waals surface area contributed by atoms with E-state index < -0.39 is 0 Å². The van der Waals surface area contributed by atoms with E-state index >= 15 is 0 Å². The van der Waals surface area contributed by atoms with Gasteiger partial charge in [-0.25, -0.2) is 0 Å². The fraction of sp³-hybridized carbons (Fsp3) is 1.00. The lowest BCUT2D eigenvalue weighted by Gasteiger charge is -2.32. The lowest BCUT2D eigenvalue weighted by atomic mass is 10.0. The van der Waals surface area contributed by atoms with Crippen LogP contribution in [0.25, 0.3) is 0 Å². The largest absolute Gasteiger partial charge is 0.391 e. The van der Waals surface area contributed by atoms with Gasteiger partial charge in [-0.2, -0.15) is 0 Å². The van der Waals surface area contributed by atoms with E-state index in [-0.39, 0.29) is 6.10 Å². The smallest absolute Gasteiger partial charge is 0.0695 e. The Labute approximate surface area is 92.4 Å². The van der Waals surface area contributed by atoms with E-state index in [4.69, 9.17) is 4.74 Å². The predicted octanol–water partition coefficient (Wildman–Crippen LogP) is 1.26. The molecule has 0 amide bonds. The molecule has 1 saturated heterocycles. The SMILES string of the molecule is CN(CC1CCCOC1)[C@H]1CCC[C@@H]1O. The van der Waals surface area contributed by atoms with Gasteiger partial charge < -0.3 is 14.7 Å². The molecule has 1 aliphatic heterocycles. The Morgan fingerprint density at radius 3 is 2.73 bits per heavy atom. The zero-order valence-electron chi connectivity index (χ0n) is 9.69. The fourth-order valence-electron chi connectivity index (χ4n) is 2.93. The zero-order chi connectivity index (χ0) is 10.7. The van der Waals surface area contributed by atoms with Gasteiger partial charge in [-0.15, -0.1) is 0 Å². The van der Waals surface area contributed by atoms with Gasteiger partial charge >= 0.3 is 0 Å². The Morgan fingerprint density at radius 2 is 2.13 bits per heavy atom. The van der Waals surface area contributed by atoms with Gasteiger partial charge in [-0.05, 0) is 45.1 Å². The number of likely N-dealkylation sites (N-methyl/N-ethyl adjacent to an activating group) is 1. The number of nitrogens with zero attached hydrogens (tertiary/aromatic N) is 1. The third-order valence-corrected chi connectivity index (χ3v) is 3.81. The van der Waals surface area contributed by atoms with Crippen LogP contribution in [0.3, 0.4) is 0 Å². The highest BCUT2D eigenvalue weighted by Crippen LogP contribution is 2.25. The van der Waals surface area contributed by atoms with Crippen molar-refractivity contribution in [1.82, 2.24) is 4.90 Å². The van der Waals surface area contributed by atoms with E-state index in [0.29, 0.717) is 12.0 Å². The van der Waals surface area contributed by atoms with Crippen molar-refractivity contribution in [3.05, 3.63) is 0 Å². The summed E-state index contributed by atoms with van der Waals surface area (Å²) in [6, 6.07) is 0.395. The number of hydrogen-bond donors (Lipinski definition) is 1. The van der Waals surface area contributed by atoms with Crippen LogP contribution in [0.1, 0.15) is 32.1 Å². The maximum absolute atomic E-state index is 9.82. The average molecular weight is 213 g/mol. The van der Waals surface area contributed by atoms with Crippen molar-refractivity contribution in [3.8, 4) is 0 Å². The van der Waals surface area contributed by atoms with E-state index in [1.54, 1.807) is 0 Å². The molecule has 1 saturated carbocycles. The van der Waals surface area contributed by atoms with Crippen molar-refractivity contribution in [2.24, 2.45) is 5.92 Å². The molecule has 2 fully saturated rings. The average Bonchev–Trinajstić information content (AvgIpc) is 2.66. The van der Waals surface area contributed by atoms with E-state index in [1.807, 2.05) is 0 Å². The van der Waals surface area contributed by atoms with Crippen molar-refractivity contribution in [2.45, 2.75) is 44.2 Å². The lowest BCUT2D eigenvalue weighted by molar-refractivity contribution is 0.0217. The summed E-state index contributed by atoms with van der Waals surface area (Å²) in [5.74, 6) is 0.677. The highest BCUT2D eigenvalue weighted by atomic mass is 16.5. The second kappa shape index (κ2) is 5.28. The van der Waals surface area contributed by atoms with Crippen molar-refractivity contribution in [3.63, 3.8) is 0 Å². The summed E-state index contributed by atoms with van der Waals surface area (Å²) in [6.07, 6.45) is 5.71. The van der Waals surface area contributed by atoms with Crippen LogP contribution in [0.15, 0.2) is 0 Å². The summed E-state index contributed by atoms with van der Waals surface area (Å²) in [7, 11) is 2.15. The standard InChI is InChI=1S/C12H23NO2/c1-13(11-5-2-6-12(11)14)8-10-4-3-7-15-9-10/h10-12,14H,2-9H2,1H3/t10?,11-,12-/m0/s1. The molecule has 0 spiro atoms. The molecule has 3 atom stereocenters. The van der Waals surface area contributed by atoms with E-state index in [2.05, 4.69) is 11.9 Å². The first kappa shape index (κ1) is 11.4.